The van der Waals surface area contributed by atoms with Crippen LogP contribution in [0.3, 0.4) is 0 Å². The van der Waals surface area contributed by atoms with E-state index in [2.05, 4.69) is 15.0 Å². The molecular weight excluding hydrogens is 359 g/mol. The van der Waals surface area contributed by atoms with Crippen LogP contribution < -0.4 is 10.1 Å². The van der Waals surface area contributed by atoms with Crippen molar-refractivity contribution in [2.24, 2.45) is 11.8 Å². The topological polar surface area (TPSA) is 44.8 Å². The summed E-state index contributed by atoms with van der Waals surface area (Å²) in [6.07, 6.45) is -3.06. The van der Waals surface area contributed by atoms with Gasteiger partial charge in [0.25, 0.3) is 5.91 Å². The summed E-state index contributed by atoms with van der Waals surface area (Å²) in [6, 6.07) is 4.61. The molecule has 5 nitrogen and oxygen atoms in total. The lowest BCUT2D eigenvalue weighted by Gasteiger charge is -2.21. The van der Waals surface area contributed by atoms with Gasteiger partial charge in [-0.1, -0.05) is 6.07 Å². The van der Waals surface area contributed by atoms with Gasteiger partial charge in [0, 0.05) is 32.7 Å². The van der Waals surface area contributed by atoms with E-state index in [0.29, 0.717) is 31.5 Å². The molecule has 2 atom stereocenters. The van der Waals surface area contributed by atoms with Gasteiger partial charge >= 0.3 is 6.36 Å². The molecule has 3 aliphatic heterocycles. The molecule has 1 aromatic rings. The number of alkyl halides is 3. The van der Waals surface area contributed by atoms with E-state index < -0.39 is 12.1 Å². The first-order valence-electron chi connectivity index (χ1n) is 9.50. The van der Waals surface area contributed by atoms with E-state index in [4.69, 9.17) is 0 Å². The normalized spacial score (nSPS) is 25.8. The van der Waals surface area contributed by atoms with Gasteiger partial charge in [0.05, 0.1) is 5.56 Å². The summed E-state index contributed by atoms with van der Waals surface area (Å²) >= 11 is 0. The smallest absolute Gasteiger partial charge is 0.405 e. The van der Waals surface area contributed by atoms with Gasteiger partial charge in [-0.15, -0.1) is 13.2 Å². The molecule has 0 spiro atoms. The summed E-state index contributed by atoms with van der Waals surface area (Å²) < 4.78 is 42.9. The van der Waals surface area contributed by atoms with E-state index in [1.807, 2.05) is 0 Å². The first-order valence-corrected chi connectivity index (χ1v) is 9.50. The van der Waals surface area contributed by atoms with Crippen molar-refractivity contribution in [1.82, 2.24) is 15.1 Å². The standard InChI is InChI=1S/C19H24F3N3O2/c20-19(21,22)27-17-7-13(10-24-11-14-8-23-9-15(14)12-24)3-4-16(17)18(26)25-5-1-2-6-25/h3-4,7,14-15,23H,1-2,5-6,8-12H2. The number of carbonyl (C=O) groups excluding carboxylic acids is 1. The van der Waals surface area contributed by atoms with Crippen LogP contribution in [-0.4, -0.2) is 61.3 Å². The van der Waals surface area contributed by atoms with Crippen molar-refractivity contribution in [3.63, 3.8) is 0 Å². The van der Waals surface area contributed by atoms with Gasteiger partial charge in [-0.25, -0.2) is 0 Å². The van der Waals surface area contributed by atoms with E-state index in [9.17, 15) is 18.0 Å². The molecule has 4 rings (SSSR count). The van der Waals surface area contributed by atoms with Gasteiger partial charge in [-0.2, -0.15) is 0 Å². The highest BCUT2D eigenvalue weighted by Gasteiger charge is 2.37. The van der Waals surface area contributed by atoms with Crippen LogP contribution in [0.2, 0.25) is 0 Å². The highest BCUT2D eigenvalue weighted by molar-refractivity contribution is 5.97. The predicted molar refractivity (Wildman–Crippen MR) is 93.4 cm³/mol. The Morgan fingerprint density at radius 1 is 1.15 bits per heavy atom. The number of rotatable bonds is 4. The van der Waals surface area contributed by atoms with Crippen LogP contribution in [0, 0.1) is 11.8 Å². The van der Waals surface area contributed by atoms with E-state index in [1.54, 1.807) is 11.0 Å². The maximum Gasteiger partial charge on any atom is 0.573 e. The predicted octanol–water partition coefficient (Wildman–Crippen LogP) is 2.47. The van der Waals surface area contributed by atoms with Crippen LogP contribution in [0.25, 0.3) is 0 Å². The molecule has 8 heteroatoms. The summed E-state index contributed by atoms with van der Waals surface area (Å²) in [4.78, 5) is 16.5. The molecule has 0 bridgehead atoms. The Kier molecular flexibility index (Phi) is 5.03. The third-order valence-electron chi connectivity index (χ3n) is 5.77. The van der Waals surface area contributed by atoms with Gasteiger partial charge in [-0.05, 0) is 55.5 Å². The minimum atomic E-state index is -4.82. The molecule has 3 aliphatic rings. The second kappa shape index (κ2) is 7.31. The van der Waals surface area contributed by atoms with Crippen LogP contribution in [0.5, 0.6) is 5.75 Å². The summed E-state index contributed by atoms with van der Waals surface area (Å²) in [5.74, 6) is 0.455. The van der Waals surface area contributed by atoms with Crippen LogP contribution in [0.15, 0.2) is 18.2 Å². The quantitative estimate of drug-likeness (QED) is 0.868. The second-order valence-corrected chi connectivity index (χ2v) is 7.75. The van der Waals surface area contributed by atoms with Crippen molar-refractivity contribution in [3.8, 4) is 5.75 Å². The fraction of sp³-hybridized carbons (Fsp3) is 0.632. The number of likely N-dealkylation sites (tertiary alicyclic amines) is 2. The Labute approximate surface area is 156 Å². The lowest BCUT2D eigenvalue weighted by atomic mass is 10.0. The van der Waals surface area contributed by atoms with Crippen molar-refractivity contribution in [2.45, 2.75) is 25.7 Å². The van der Waals surface area contributed by atoms with E-state index in [-0.39, 0.29) is 11.5 Å². The summed E-state index contributed by atoms with van der Waals surface area (Å²) in [5.41, 5.74) is 0.723. The second-order valence-electron chi connectivity index (χ2n) is 7.75. The number of ether oxygens (including phenoxy) is 1. The molecule has 0 aliphatic carbocycles. The third-order valence-corrected chi connectivity index (χ3v) is 5.77. The lowest BCUT2D eigenvalue weighted by molar-refractivity contribution is -0.274. The first kappa shape index (κ1) is 18.6. The SMILES string of the molecule is O=C(c1ccc(CN2CC3CNCC3C2)cc1OC(F)(F)F)N1CCCC1. The van der Waals surface area contributed by atoms with Crippen molar-refractivity contribution in [2.75, 3.05) is 39.3 Å². The van der Waals surface area contributed by atoms with Gasteiger partial charge in [0.15, 0.2) is 0 Å². The molecule has 148 valence electrons. The van der Waals surface area contributed by atoms with E-state index >= 15 is 0 Å². The van der Waals surface area contributed by atoms with Gasteiger partial charge in [-0.3, -0.25) is 9.69 Å². The van der Waals surface area contributed by atoms with Crippen LogP contribution >= 0.6 is 0 Å². The van der Waals surface area contributed by atoms with Gasteiger partial charge < -0.3 is 15.0 Å². The number of benzene rings is 1. The van der Waals surface area contributed by atoms with Crippen LogP contribution in [0.1, 0.15) is 28.8 Å². The maximum absolute atomic E-state index is 12.9. The number of halogens is 3. The van der Waals surface area contributed by atoms with Crippen molar-refractivity contribution in [3.05, 3.63) is 29.3 Å². The van der Waals surface area contributed by atoms with Crippen LogP contribution in [0.4, 0.5) is 13.2 Å². The highest BCUT2D eigenvalue weighted by atomic mass is 19.4. The minimum Gasteiger partial charge on any atom is -0.405 e. The summed E-state index contributed by atoms with van der Waals surface area (Å²) in [7, 11) is 0. The van der Waals surface area contributed by atoms with Crippen molar-refractivity contribution >= 4 is 5.91 Å². The number of amides is 1. The lowest BCUT2D eigenvalue weighted by Crippen LogP contribution is -2.29. The Morgan fingerprint density at radius 3 is 2.44 bits per heavy atom. The molecule has 2 unspecified atom stereocenters. The molecule has 0 saturated carbocycles. The summed E-state index contributed by atoms with van der Waals surface area (Å²) in [5, 5.41) is 3.38. The molecule has 0 aromatic heterocycles. The van der Waals surface area contributed by atoms with Crippen molar-refractivity contribution in [1.29, 1.82) is 0 Å². The Bertz CT molecular complexity index is 692. The minimum absolute atomic E-state index is 0.0135. The third kappa shape index (κ3) is 4.21. The monoisotopic (exact) mass is 383 g/mol. The Balaban J connectivity index is 1.52. The molecule has 1 N–H and O–H groups in total. The van der Waals surface area contributed by atoms with Gasteiger partial charge in [0.1, 0.15) is 5.75 Å². The molecule has 3 fully saturated rings. The van der Waals surface area contributed by atoms with Crippen LogP contribution in [-0.2, 0) is 6.54 Å². The molecule has 3 heterocycles. The fourth-order valence-electron chi connectivity index (χ4n) is 4.48. The Morgan fingerprint density at radius 2 is 1.81 bits per heavy atom. The zero-order valence-corrected chi connectivity index (χ0v) is 15.1. The number of hydrogen-bond acceptors (Lipinski definition) is 4. The number of nitrogens with one attached hydrogen (secondary N) is 1. The molecular formula is C19H24F3N3O2. The van der Waals surface area contributed by atoms with E-state index in [1.165, 1.54) is 12.1 Å². The Hall–Kier alpha value is -1.80. The number of fused-ring (bicyclic) bond motifs is 1. The number of carbonyl (C=O) groups is 1. The summed E-state index contributed by atoms with van der Waals surface area (Å²) in [6.45, 7) is 5.63. The van der Waals surface area contributed by atoms with Crippen molar-refractivity contribution < 1.29 is 22.7 Å². The molecule has 0 radical (unpaired) electrons. The zero-order chi connectivity index (χ0) is 19.0. The number of nitrogens with zero attached hydrogens (tertiary/aromatic N) is 2. The molecule has 27 heavy (non-hydrogen) atoms. The molecule has 1 aromatic carbocycles. The number of hydrogen-bond donors (Lipinski definition) is 1. The maximum atomic E-state index is 12.9. The average molecular weight is 383 g/mol. The molecule has 3 saturated heterocycles. The zero-order valence-electron chi connectivity index (χ0n) is 15.1. The fourth-order valence-corrected chi connectivity index (χ4v) is 4.48. The van der Waals surface area contributed by atoms with E-state index in [0.717, 1.165) is 44.6 Å². The largest absolute Gasteiger partial charge is 0.573 e. The average Bonchev–Trinajstić information content (AvgIpc) is 3.30. The highest BCUT2D eigenvalue weighted by Crippen LogP contribution is 2.32. The first-order chi connectivity index (χ1) is 12.9. The molecule has 1 amide bonds. The van der Waals surface area contributed by atoms with Gasteiger partial charge in [0.2, 0.25) is 0 Å².